The number of carbonyl (C=O) groups is 2. The molecular weight excluding hydrogens is 336 g/mol. The molecule has 1 unspecified atom stereocenters. The molecule has 0 saturated heterocycles. The molecule has 26 heavy (non-hydrogen) atoms. The Morgan fingerprint density at radius 2 is 1.77 bits per heavy atom. The van der Waals surface area contributed by atoms with Crippen molar-refractivity contribution in [2.75, 3.05) is 4.90 Å². The maximum atomic E-state index is 14.3. The summed E-state index contributed by atoms with van der Waals surface area (Å²) >= 11 is 0. The average Bonchev–Trinajstić information content (AvgIpc) is 2.62. The van der Waals surface area contributed by atoms with E-state index in [0.29, 0.717) is 36.1 Å². The summed E-state index contributed by atoms with van der Waals surface area (Å²) in [6.07, 6.45) is 1.55. The first kappa shape index (κ1) is 16.6. The molecule has 3 nitrogen and oxygen atoms in total. The zero-order valence-electron chi connectivity index (χ0n) is 14.0. The number of nitrogens with zero attached hydrogens (tertiary/aromatic N) is 1. The van der Waals surface area contributed by atoms with Gasteiger partial charge in [0.15, 0.2) is 5.78 Å². The monoisotopic (exact) mass is 353 g/mol. The Bertz CT molecular complexity index is 935. The van der Waals surface area contributed by atoms with E-state index in [1.165, 1.54) is 23.1 Å². The van der Waals surface area contributed by atoms with E-state index in [2.05, 4.69) is 0 Å². The summed E-state index contributed by atoms with van der Waals surface area (Å²) in [6, 6.07) is 12.1. The number of para-hydroxylation sites is 1. The normalized spacial score (nSPS) is 20.4. The SMILES string of the molecule is O=C1CCCC2=C1C(c1cccc(F)c1)CC(=O)N2c1ccccc1F. The summed E-state index contributed by atoms with van der Waals surface area (Å²) in [5.41, 5.74) is 1.84. The van der Waals surface area contributed by atoms with E-state index in [1.54, 1.807) is 30.3 Å². The minimum absolute atomic E-state index is 0.0162. The second kappa shape index (κ2) is 6.48. The van der Waals surface area contributed by atoms with E-state index in [1.807, 2.05) is 0 Å². The number of carbonyl (C=O) groups excluding carboxylic acids is 2. The van der Waals surface area contributed by atoms with E-state index in [-0.39, 0.29) is 23.8 Å². The molecule has 5 heteroatoms. The third-order valence-corrected chi connectivity index (χ3v) is 5.02. The molecule has 2 aromatic carbocycles. The lowest BCUT2D eigenvalue weighted by atomic mass is 9.77. The molecule has 1 amide bonds. The molecule has 0 fully saturated rings. The summed E-state index contributed by atoms with van der Waals surface area (Å²) in [5.74, 6) is -1.72. The summed E-state index contributed by atoms with van der Waals surface area (Å²) < 4.78 is 28.0. The van der Waals surface area contributed by atoms with Gasteiger partial charge in [-0.1, -0.05) is 24.3 Å². The Labute approximate surface area is 149 Å². The van der Waals surface area contributed by atoms with Crippen molar-refractivity contribution in [3.05, 3.63) is 77.0 Å². The van der Waals surface area contributed by atoms with Crippen LogP contribution in [0.2, 0.25) is 0 Å². The number of allylic oxidation sites excluding steroid dienone is 2. The fraction of sp³-hybridized carbons (Fsp3) is 0.238. The Morgan fingerprint density at radius 3 is 2.54 bits per heavy atom. The molecule has 2 aliphatic rings. The molecule has 1 aliphatic carbocycles. The minimum atomic E-state index is -0.505. The van der Waals surface area contributed by atoms with Gasteiger partial charge in [0.1, 0.15) is 11.6 Å². The highest BCUT2D eigenvalue weighted by atomic mass is 19.1. The van der Waals surface area contributed by atoms with Crippen LogP contribution in [-0.2, 0) is 9.59 Å². The quantitative estimate of drug-likeness (QED) is 0.798. The largest absolute Gasteiger partial charge is 0.294 e. The molecule has 4 rings (SSSR count). The molecule has 132 valence electrons. The van der Waals surface area contributed by atoms with Crippen molar-refractivity contribution in [3.63, 3.8) is 0 Å². The molecule has 1 aliphatic heterocycles. The standard InChI is InChI=1S/C21H17F2NO2/c22-14-6-3-5-13(11-14)15-12-20(26)24(17-8-2-1-7-16(17)23)18-9-4-10-19(25)21(15)18/h1-3,5-8,11,15H,4,9-10,12H2. The first-order valence-corrected chi connectivity index (χ1v) is 8.65. The lowest BCUT2D eigenvalue weighted by Crippen LogP contribution is -2.41. The van der Waals surface area contributed by atoms with Crippen molar-refractivity contribution in [3.8, 4) is 0 Å². The number of halogens is 2. The van der Waals surface area contributed by atoms with Crippen LogP contribution < -0.4 is 4.90 Å². The van der Waals surface area contributed by atoms with Crippen LogP contribution in [0.5, 0.6) is 0 Å². The van der Waals surface area contributed by atoms with E-state index >= 15 is 0 Å². The molecule has 1 heterocycles. The molecule has 0 saturated carbocycles. The van der Waals surface area contributed by atoms with Gasteiger partial charge in [0.25, 0.3) is 0 Å². The molecule has 0 aromatic heterocycles. The maximum absolute atomic E-state index is 14.3. The summed E-state index contributed by atoms with van der Waals surface area (Å²) in [4.78, 5) is 26.9. The van der Waals surface area contributed by atoms with Gasteiger partial charge < -0.3 is 0 Å². The van der Waals surface area contributed by atoms with Crippen LogP contribution in [0.25, 0.3) is 0 Å². The first-order valence-electron chi connectivity index (χ1n) is 8.65. The first-order chi connectivity index (χ1) is 12.6. The lowest BCUT2D eigenvalue weighted by Gasteiger charge is -2.38. The number of hydrogen-bond donors (Lipinski definition) is 0. The van der Waals surface area contributed by atoms with Gasteiger partial charge in [-0.25, -0.2) is 8.78 Å². The predicted octanol–water partition coefficient (Wildman–Crippen LogP) is 4.49. The van der Waals surface area contributed by atoms with Crippen LogP contribution in [0.15, 0.2) is 59.8 Å². The highest BCUT2D eigenvalue weighted by Crippen LogP contribution is 2.43. The molecule has 1 atom stereocenters. The molecule has 2 aromatic rings. The molecular formula is C21H17F2NO2. The zero-order valence-corrected chi connectivity index (χ0v) is 14.0. The fourth-order valence-corrected chi connectivity index (χ4v) is 3.91. The number of anilines is 1. The summed E-state index contributed by atoms with van der Waals surface area (Å²) in [7, 11) is 0. The highest BCUT2D eigenvalue weighted by molar-refractivity contribution is 6.07. The number of hydrogen-bond acceptors (Lipinski definition) is 2. The topological polar surface area (TPSA) is 37.4 Å². The lowest BCUT2D eigenvalue weighted by molar-refractivity contribution is -0.120. The highest BCUT2D eigenvalue weighted by Gasteiger charge is 2.40. The number of rotatable bonds is 2. The van der Waals surface area contributed by atoms with E-state index in [9.17, 15) is 18.4 Å². The Morgan fingerprint density at radius 1 is 0.962 bits per heavy atom. The minimum Gasteiger partial charge on any atom is -0.294 e. The summed E-state index contributed by atoms with van der Waals surface area (Å²) in [5, 5.41) is 0. The van der Waals surface area contributed by atoms with Gasteiger partial charge in [0.2, 0.25) is 5.91 Å². The average molecular weight is 353 g/mol. The number of ketones is 1. The van der Waals surface area contributed by atoms with Gasteiger partial charge in [-0.2, -0.15) is 0 Å². The number of Topliss-reactive ketones (excluding diaryl/α,β-unsaturated/α-hetero) is 1. The molecule has 0 N–H and O–H groups in total. The Kier molecular flexibility index (Phi) is 4.15. The van der Waals surface area contributed by atoms with Crippen molar-refractivity contribution < 1.29 is 18.4 Å². The second-order valence-corrected chi connectivity index (χ2v) is 6.63. The van der Waals surface area contributed by atoms with Crippen molar-refractivity contribution >= 4 is 17.4 Å². The van der Waals surface area contributed by atoms with Crippen LogP contribution in [0.4, 0.5) is 14.5 Å². The zero-order chi connectivity index (χ0) is 18.3. The van der Waals surface area contributed by atoms with Crippen LogP contribution >= 0.6 is 0 Å². The third-order valence-electron chi connectivity index (χ3n) is 5.02. The second-order valence-electron chi connectivity index (χ2n) is 6.63. The summed E-state index contributed by atoms with van der Waals surface area (Å²) in [6.45, 7) is 0. The Hall–Kier alpha value is -2.82. The number of amides is 1. The van der Waals surface area contributed by atoms with Crippen LogP contribution in [-0.4, -0.2) is 11.7 Å². The fourth-order valence-electron chi connectivity index (χ4n) is 3.91. The third kappa shape index (κ3) is 2.73. The van der Waals surface area contributed by atoms with Crippen molar-refractivity contribution in [2.45, 2.75) is 31.6 Å². The maximum Gasteiger partial charge on any atom is 0.232 e. The predicted molar refractivity (Wildman–Crippen MR) is 93.5 cm³/mol. The molecule has 0 radical (unpaired) electrons. The van der Waals surface area contributed by atoms with Crippen molar-refractivity contribution in [1.82, 2.24) is 0 Å². The van der Waals surface area contributed by atoms with Gasteiger partial charge in [0, 0.05) is 30.0 Å². The van der Waals surface area contributed by atoms with Gasteiger partial charge >= 0.3 is 0 Å². The van der Waals surface area contributed by atoms with Crippen molar-refractivity contribution in [1.29, 1.82) is 0 Å². The Balaban J connectivity index is 1.89. The van der Waals surface area contributed by atoms with Gasteiger partial charge in [-0.05, 0) is 42.7 Å². The van der Waals surface area contributed by atoms with Gasteiger partial charge in [-0.15, -0.1) is 0 Å². The van der Waals surface area contributed by atoms with E-state index in [4.69, 9.17) is 0 Å². The number of benzene rings is 2. The molecule has 0 spiro atoms. The van der Waals surface area contributed by atoms with E-state index in [0.717, 1.165) is 0 Å². The van der Waals surface area contributed by atoms with Crippen molar-refractivity contribution in [2.24, 2.45) is 0 Å². The smallest absolute Gasteiger partial charge is 0.232 e. The van der Waals surface area contributed by atoms with Crippen LogP contribution in [0.1, 0.15) is 37.2 Å². The molecule has 0 bridgehead atoms. The van der Waals surface area contributed by atoms with Gasteiger partial charge in [0.05, 0.1) is 5.69 Å². The van der Waals surface area contributed by atoms with E-state index < -0.39 is 17.6 Å². The van der Waals surface area contributed by atoms with Gasteiger partial charge in [-0.3, -0.25) is 14.5 Å². The van der Waals surface area contributed by atoms with Crippen LogP contribution in [0, 0.1) is 11.6 Å². The van der Waals surface area contributed by atoms with Crippen LogP contribution in [0.3, 0.4) is 0 Å².